The Hall–Kier alpha value is -3.07. The van der Waals surface area contributed by atoms with Crippen LogP contribution in [0.2, 0.25) is 10.0 Å². The SMILES string of the molecule is Clc1ccc(N(C(=Nc2ccccc2)c2ccccc2)c2ccc(Cl)cc2)cc1. The molecule has 0 heterocycles. The van der Waals surface area contributed by atoms with Gasteiger partial charge in [-0.15, -0.1) is 0 Å². The predicted molar refractivity (Wildman–Crippen MR) is 124 cm³/mol. The van der Waals surface area contributed by atoms with Crippen LogP contribution in [0.4, 0.5) is 17.1 Å². The highest BCUT2D eigenvalue weighted by molar-refractivity contribution is 6.31. The van der Waals surface area contributed by atoms with Gasteiger partial charge in [-0.3, -0.25) is 4.90 Å². The van der Waals surface area contributed by atoms with Crippen LogP contribution in [0.25, 0.3) is 0 Å². The highest BCUT2D eigenvalue weighted by atomic mass is 35.5. The maximum absolute atomic E-state index is 6.14. The van der Waals surface area contributed by atoms with E-state index < -0.39 is 0 Å². The molecule has 0 N–H and O–H groups in total. The van der Waals surface area contributed by atoms with Crippen LogP contribution in [0.1, 0.15) is 5.56 Å². The van der Waals surface area contributed by atoms with Gasteiger partial charge in [0.15, 0.2) is 0 Å². The number of amidine groups is 1. The molecule has 0 fully saturated rings. The first kappa shape index (κ1) is 19.3. The van der Waals surface area contributed by atoms with Crippen LogP contribution in [0.5, 0.6) is 0 Å². The second-order valence-electron chi connectivity index (χ2n) is 6.43. The highest BCUT2D eigenvalue weighted by Crippen LogP contribution is 2.31. The molecule has 0 bridgehead atoms. The van der Waals surface area contributed by atoms with E-state index in [0.717, 1.165) is 28.5 Å². The number of nitrogens with zero attached hydrogens (tertiary/aromatic N) is 2. The van der Waals surface area contributed by atoms with Gasteiger partial charge in [0.1, 0.15) is 5.84 Å². The Morgan fingerprint density at radius 3 is 1.48 bits per heavy atom. The lowest BCUT2D eigenvalue weighted by molar-refractivity contribution is 1.31. The largest absolute Gasteiger partial charge is 0.295 e. The van der Waals surface area contributed by atoms with Crippen molar-refractivity contribution in [3.8, 4) is 0 Å². The van der Waals surface area contributed by atoms with Crippen molar-refractivity contribution in [3.63, 3.8) is 0 Å². The molecule has 0 atom stereocenters. The first-order chi connectivity index (χ1) is 14.2. The third kappa shape index (κ3) is 4.68. The lowest BCUT2D eigenvalue weighted by Gasteiger charge is -2.27. The fourth-order valence-electron chi connectivity index (χ4n) is 3.03. The van der Waals surface area contributed by atoms with Crippen LogP contribution in [0.15, 0.2) is 114 Å². The maximum Gasteiger partial charge on any atom is 0.145 e. The molecule has 4 aromatic rings. The molecule has 142 valence electrons. The molecule has 0 unspecified atom stereocenters. The molecule has 4 aromatic carbocycles. The standard InChI is InChI=1S/C25H18Cl2N2/c26-20-11-15-23(16-12-20)29(24-17-13-21(27)14-18-24)25(19-7-3-1-4-8-19)28-22-9-5-2-6-10-22/h1-18H. The van der Waals surface area contributed by atoms with E-state index in [9.17, 15) is 0 Å². The fourth-order valence-corrected chi connectivity index (χ4v) is 3.28. The molecular weight excluding hydrogens is 399 g/mol. The Bertz CT molecular complexity index is 1050. The first-order valence-corrected chi connectivity index (χ1v) is 9.97. The van der Waals surface area contributed by atoms with E-state index in [4.69, 9.17) is 28.2 Å². The summed E-state index contributed by atoms with van der Waals surface area (Å²) in [4.78, 5) is 7.11. The van der Waals surface area contributed by atoms with Crippen LogP contribution >= 0.6 is 23.2 Å². The van der Waals surface area contributed by atoms with Crippen molar-refractivity contribution in [1.82, 2.24) is 0 Å². The Kier molecular flexibility index (Phi) is 5.95. The van der Waals surface area contributed by atoms with Gasteiger partial charge in [0.2, 0.25) is 0 Å². The summed E-state index contributed by atoms with van der Waals surface area (Å²) in [6, 6.07) is 35.5. The van der Waals surface area contributed by atoms with Crippen LogP contribution < -0.4 is 4.90 Å². The minimum Gasteiger partial charge on any atom is -0.295 e. The molecule has 0 spiro atoms. The summed E-state index contributed by atoms with van der Waals surface area (Å²) < 4.78 is 0. The zero-order valence-corrected chi connectivity index (χ0v) is 17.1. The predicted octanol–water partition coefficient (Wildman–Crippen LogP) is 7.91. The smallest absolute Gasteiger partial charge is 0.145 e. The number of aliphatic imine (C=N–C) groups is 1. The van der Waals surface area contributed by atoms with Gasteiger partial charge in [-0.05, 0) is 60.7 Å². The van der Waals surface area contributed by atoms with Gasteiger partial charge in [-0.2, -0.15) is 0 Å². The Morgan fingerprint density at radius 1 is 0.552 bits per heavy atom. The summed E-state index contributed by atoms with van der Waals surface area (Å²) >= 11 is 12.3. The maximum atomic E-state index is 6.14. The zero-order chi connectivity index (χ0) is 20.1. The second-order valence-corrected chi connectivity index (χ2v) is 7.30. The quantitative estimate of drug-likeness (QED) is 0.243. The lowest BCUT2D eigenvalue weighted by atomic mass is 10.1. The highest BCUT2D eigenvalue weighted by Gasteiger charge is 2.18. The van der Waals surface area contributed by atoms with E-state index in [-0.39, 0.29) is 0 Å². The van der Waals surface area contributed by atoms with Crippen LogP contribution in [0.3, 0.4) is 0 Å². The van der Waals surface area contributed by atoms with E-state index in [1.54, 1.807) is 0 Å². The van der Waals surface area contributed by atoms with E-state index in [1.165, 1.54) is 0 Å². The molecule has 0 aliphatic heterocycles. The Labute approximate surface area is 180 Å². The fraction of sp³-hybridized carbons (Fsp3) is 0. The third-order valence-electron chi connectivity index (χ3n) is 4.40. The van der Waals surface area contributed by atoms with Gasteiger partial charge >= 0.3 is 0 Å². The Morgan fingerprint density at radius 2 is 1.00 bits per heavy atom. The zero-order valence-electron chi connectivity index (χ0n) is 15.5. The summed E-state index contributed by atoms with van der Waals surface area (Å²) in [6.45, 7) is 0. The van der Waals surface area contributed by atoms with Gasteiger partial charge in [0.25, 0.3) is 0 Å². The molecule has 2 nitrogen and oxygen atoms in total. The molecular formula is C25H18Cl2N2. The molecule has 0 radical (unpaired) electrons. The lowest BCUT2D eigenvalue weighted by Crippen LogP contribution is -2.26. The number of halogens is 2. The van der Waals surface area contributed by atoms with Gasteiger partial charge < -0.3 is 0 Å². The molecule has 29 heavy (non-hydrogen) atoms. The number of rotatable bonds is 4. The average Bonchev–Trinajstić information content (AvgIpc) is 2.77. The summed E-state index contributed by atoms with van der Waals surface area (Å²) in [6.07, 6.45) is 0. The van der Waals surface area contributed by atoms with Gasteiger partial charge in [-0.25, -0.2) is 4.99 Å². The van der Waals surface area contributed by atoms with Crippen molar-refractivity contribution in [2.24, 2.45) is 4.99 Å². The third-order valence-corrected chi connectivity index (χ3v) is 4.91. The average molecular weight is 417 g/mol. The van der Waals surface area contributed by atoms with Crippen molar-refractivity contribution < 1.29 is 0 Å². The molecule has 0 saturated heterocycles. The van der Waals surface area contributed by atoms with Crippen LogP contribution in [0, 0.1) is 0 Å². The number of benzene rings is 4. The number of para-hydroxylation sites is 1. The molecule has 4 rings (SSSR count). The van der Waals surface area contributed by atoms with Crippen molar-refractivity contribution >= 4 is 46.1 Å². The van der Waals surface area contributed by atoms with Crippen molar-refractivity contribution in [2.75, 3.05) is 4.90 Å². The number of hydrogen-bond donors (Lipinski definition) is 0. The number of anilines is 2. The monoisotopic (exact) mass is 416 g/mol. The summed E-state index contributed by atoms with van der Waals surface area (Å²) in [5, 5.41) is 1.37. The Balaban J connectivity index is 1.93. The van der Waals surface area contributed by atoms with E-state index in [2.05, 4.69) is 17.0 Å². The van der Waals surface area contributed by atoms with Gasteiger partial charge in [0.05, 0.1) is 5.69 Å². The molecule has 0 aromatic heterocycles. The molecule has 0 aliphatic carbocycles. The van der Waals surface area contributed by atoms with Crippen LogP contribution in [-0.2, 0) is 0 Å². The minimum atomic E-state index is 0.686. The van der Waals surface area contributed by atoms with Crippen LogP contribution in [-0.4, -0.2) is 5.84 Å². The minimum absolute atomic E-state index is 0.686. The molecule has 0 saturated carbocycles. The van der Waals surface area contributed by atoms with Crippen molar-refractivity contribution in [2.45, 2.75) is 0 Å². The summed E-state index contributed by atoms with van der Waals surface area (Å²) in [7, 11) is 0. The summed E-state index contributed by atoms with van der Waals surface area (Å²) in [5.41, 5.74) is 3.78. The van der Waals surface area contributed by atoms with E-state index in [1.807, 2.05) is 97.1 Å². The summed E-state index contributed by atoms with van der Waals surface area (Å²) in [5.74, 6) is 0.807. The van der Waals surface area contributed by atoms with E-state index >= 15 is 0 Å². The van der Waals surface area contributed by atoms with E-state index in [0.29, 0.717) is 10.0 Å². The normalized spacial score (nSPS) is 11.3. The first-order valence-electron chi connectivity index (χ1n) is 9.21. The molecule has 0 aliphatic rings. The molecule has 4 heteroatoms. The topological polar surface area (TPSA) is 15.6 Å². The van der Waals surface area contributed by atoms with Gasteiger partial charge in [0, 0.05) is 27.0 Å². The van der Waals surface area contributed by atoms with Crippen molar-refractivity contribution in [3.05, 3.63) is 125 Å². The number of hydrogen-bond acceptors (Lipinski definition) is 1. The van der Waals surface area contributed by atoms with Gasteiger partial charge in [-0.1, -0.05) is 71.7 Å². The second kappa shape index (κ2) is 8.95. The molecule has 0 amide bonds. The van der Waals surface area contributed by atoms with Crippen molar-refractivity contribution in [1.29, 1.82) is 0 Å².